The van der Waals surface area contributed by atoms with E-state index in [0.717, 1.165) is 5.39 Å². The van der Waals surface area contributed by atoms with Gasteiger partial charge in [0.1, 0.15) is 11.6 Å². The average molecular weight is 240 g/mol. The summed E-state index contributed by atoms with van der Waals surface area (Å²) in [5, 5.41) is 1.36. The van der Waals surface area contributed by atoms with Crippen LogP contribution in [0.2, 0.25) is 0 Å². The normalized spacial score (nSPS) is 10.7. The molecule has 0 radical (unpaired) electrons. The molecule has 0 saturated carbocycles. The molecular formula is C15H9FO2. The molecule has 0 atom stereocenters. The fourth-order valence-corrected chi connectivity index (χ4v) is 1.89. The van der Waals surface area contributed by atoms with Gasteiger partial charge in [0.2, 0.25) is 0 Å². The van der Waals surface area contributed by atoms with Crippen molar-refractivity contribution in [2.75, 3.05) is 0 Å². The zero-order valence-electron chi connectivity index (χ0n) is 9.39. The Hall–Kier alpha value is -2.42. The van der Waals surface area contributed by atoms with Crippen molar-refractivity contribution >= 4 is 10.8 Å². The molecule has 3 rings (SSSR count). The van der Waals surface area contributed by atoms with E-state index in [-0.39, 0.29) is 11.4 Å². The van der Waals surface area contributed by atoms with Gasteiger partial charge in [0.25, 0.3) is 0 Å². The van der Waals surface area contributed by atoms with Gasteiger partial charge in [-0.1, -0.05) is 18.2 Å². The molecule has 88 valence electrons. The van der Waals surface area contributed by atoms with Gasteiger partial charge in [-0.3, -0.25) is 0 Å². The number of rotatable bonds is 1. The Morgan fingerprint density at radius 1 is 0.944 bits per heavy atom. The number of halogens is 1. The van der Waals surface area contributed by atoms with Crippen LogP contribution < -0.4 is 5.63 Å². The van der Waals surface area contributed by atoms with Crippen molar-refractivity contribution in [3.8, 4) is 11.3 Å². The molecule has 0 fully saturated rings. The first-order valence-electron chi connectivity index (χ1n) is 5.53. The minimum Gasteiger partial charge on any atom is -0.422 e. The second-order valence-corrected chi connectivity index (χ2v) is 3.99. The van der Waals surface area contributed by atoms with E-state index in [1.165, 1.54) is 12.1 Å². The predicted octanol–water partition coefficient (Wildman–Crippen LogP) is 3.60. The molecule has 0 aliphatic heterocycles. The molecule has 2 aromatic carbocycles. The van der Waals surface area contributed by atoms with Gasteiger partial charge in [0, 0.05) is 5.56 Å². The van der Waals surface area contributed by atoms with Gasteiger partial charge in [-0.25, -0.2) is 9.18 Å². The molecule has 0 amide bonds. The van der Waals surface area contributed by atoms with Crippen molar-refractivity contribution in [3.05, 3.63) is 70.8 Å². The van der Waals surface area contributed by atoms with Gasteiger partial charge in [0.15, 0.2) is 0 Å². The lowest BCUT2D eigenvalue weighted by molar-refractivity contribution is 0.534. The summed E-state index contributed by atoms with van der Waals surface area (Å²) in [5.41, 5.74) is 0.298. The number of hydrogen-bond donors (Lipinski definition) is 0. The minimum absolute atomic E-state index is 0.318. The van der Waals surface area contributed by atoms with Crippen LogP contribution in [0, 0.1) is 5.82 Å². The van der Waals surface area contributed by atoms with Crippen LogP contribution in [0.25, 0.3) is 22.1 Å². The molecule has 2 nitrogen and oxygen atoms in total. The first-order valence-corrected chi connectivity index (χ1v) is 5.53. The van der Waals surface area contributed by atoms with E-state index in [0.29, 0.717) is 16.7 Å². The van der Waals surface area contributed by atoms with Gasteiger partial charge in [-0.05, 0) is 41.8 Å². The van der Waals surface area contributed by atoms with Gasteiger partial charge in [0.05, 0.1) is 5.39 Å². The summed E-state index contributed by atoms with van der Waals surface area (Å²) in [6.07, 6.45) is 0. The van der Waals surface area contributed by atoms with E-state index in [4.69, 9.17) is 4.42 Å². The smallest absolute Gasteiger partial charge is 0.344 e. The molecule has 0 aliphatic rings. The second kappa shape index (κ2) is 4.11. The average Bonchev–Trinajstić information content (AvgIpc) is 2.39. The molecule has 3 aromatic rings. The van der Waals surface area contributed by atoms with Crippen LogP contribution in [0.4, 0.5) is 4.39 Å². The third-order valence-corrected chi connectivity index (χ3v) is 2.80. The Morgan fingerprint density at radius 2 is 1.67 bits per heavy atom. The second-order valence-electron chi connectivity index (χ2n) is 3.99. The Kier molecular flexibility index (Phi) is 2.45. The van der Waals surface area contributed by atoms with E-state index < -0.39 is 0 Å². The molecule has 1 aromatic heterocycles. The molecule has 0 bridgehead atoms. The molecule has 0 aliphatic carbocycles. The van der Waals surface area contributed by atoms with Crippen molar-refractivity contribution in [3.63, 3.8) is 0 Å². The summed E-state index contributed by atoms with van der Waals surface area (Å²) < 4.78 is 18.1. The SMILES string of the molecule is O=c1oc(-c2ccc(F)cc2)cc2ccccc12. The number of hydrogen-bond acceptors (Lipinski definition) is 2. The summed E-state index contributed by atoms with van der Waals surface area (Å²) in [6, 6.07) is 14.8. The lowest BCUT2D eigenvalue weighted by Gasteiger charge is -2.02. The largest absolute Gasteiger partial charge is 0.422 e. The van der Waals surface area contributed by atoms with Crippen LogP contribution in [-0.2, 0) is 0 Å². The minimum atomic E-state index is -0.382. The summed E-state index contributed by atoms with van der Waals surface area (Å²) in [6.45, 7) is 0. The topological polar surface area (TPSA) is 30.2 Å². The van der Waals surface area contributed by atoms with Crippen molar-refractivity contribution < 1.29 is 8.81 Å². The first-order chi connectivity index (χ1) is 8.74. The Morgan fingerprint density at radius 3 is 2.44 bits per heavy atom. The quantitative estimate of drug-likeness (QED) is 0.650. The Balaban J connectivity index is 2.24. The highest BCUT2D eigenvalue weighted by molar-refractivity contribution is 5.83. The van der Waals surface area contributed by atoms with E-state index >= 15 is 0 Å². The summed E-state index contributed by atoms with van der Waals surface area (Å²) in [7, 11) is 0. The Labute approximate surface area is 102 Å². The fraction of sp³-hybridized carbons (Fsp3) is 0. The van der Waals surface area contributed by atoms with Gasteiger partial charge in [-0.2, -0.15) is 0 Å². The maximum Gasteiger partial charge on any atom is 0.344 e. The predicted molar refractivity (Wildman–Crippen MR) is 67.9 cm³/mol. The molecule has 18 heavy (non-hydrogen) atoms. The highest BCUT2D eigenvalue weighted by Crippen LogP contribution is 2.22. The summed E-state index contributed by atoms with van der Waals surface area (Å²) in [4.78, 5) is 11.8. The maximum atomic E-state index is 12.8. The van der Waals surface area contributed by atoms with Crippen molar-refractivity contribution in [2.24, 2.45) is 0 Å². The molecule has 3 heteroatoms. The maximum absolute atomic E-state index is 12.8. The van der Waals surface area contributed by atoms with E-state index in [2.05, 4.69) is 0 Å². The highest BCUT2D eigenvalue weighted by atomic mass is 19.1. The van der Waals surface area contributed by atoms with Crippen LogP contribution in [-0.4, -0.2) is 0 Å². The van der Waals surface area contributed by atoms with Crippen LogP contribution in [0.15, 0.2) is 63.8 Å². The zero-order valence-corrected chi connectivity index (χ0v) is 9.39. The van der Waals surface area contributed by atoms with E-state index in [9.17, 15) is 9.18 Å². The summed E-state index contributed by atoms with van der Waals surface area (Å²) in [5.74, 6) is 0.126. The number of benzene rings is 2. The molecule has 1 heterocycles. The molecule has 0 unspecified atom stereocenters. The van der Waals surface area contributed by atoms with Gasteiger partial charge in [-0.15, -0.1) is 0 Å². The molecule has 0 N–H and O–H groups in total. The Bertz CT molecular complexity index is 757. The van der Waals surface area contributed by atoms with Crippen molar-refractivity contribution in [2.45, 2.75) is 0 Å². The highest BCUT2D eigenvalue weighted by Gasteiger charge is 2.06. The lowest BCUT2D eigenvalue weighted by Crippen LogP contribution is -1.99. The monoisotopic (exact) mass is 240 g/mol. The first kappa shape index (κ1) is 10.7. The van der Waals surface area contributed by atoms with E-state index in [1.54, 1.807) is 30.3 Å². The molecular weight excluding hydrogens is 231 g/mol. The molecule has 0 saturated heterocycles. The van der Waals surface area contributed by atoms with Crippen molar-refractivity contribution in [1.29, 1.82) is 0 Å². The standard InChI is InChI=1S/C15H9FO2/c16-12-7-5-10(6-8-12)14-9-11-3-1-2-4-13(11)15(17)18-14/h1-9H. The van der Waals surface area contributed by atoms with Crippen LogP contribution >= 0.6 is 0 Å². The molecule has 0 spiro atoms. The van der Waals surface area contributed by atoms with Gasteiger partial charge >= 0.3 is 5.63 Å². The fourth-order valence-electron chi connectivity index (χ4n) is 1.89. The zero-order chi connectivity index (χ0) is 12.5. The third-order valence-electron chi connectivity index (χ3n) is 2.80. The third kappa shape index (κ3) is 1.80. The van der Waals surface area contributed by atoms with Crippen LogP contribution in [0.5, 0.6) is 0 Å². The van der Waals surface area contributed by atoms with E-state index in [1.807, 2.05) is 12.1 Å². The van der Waals surface area contributed by atoms with Crippen LogP contribution in [0.1, 0.15) is 0 Å². The summed E-state index contributed by atoms with van der Waals surface area (Å²) >= 11 is 0. The van der Waals surface area contributed by atoms with Crippen LogP contribution in [0.3, 0.4) is 0 Å². The van der Waals surface area contributed by atoms with Gasteiger partial charge < -0.3 is 4.42 Å². The lowest BCUT2D eigenvalue weighted by atomic mass is 10.1. The van der Waals surface area contributed by atoms with Crippen molar-refractivity contribution in [1.82, 2.24) is 0 Å². The number of fused-ring (bicyclic) bond motifs is 1.